The molecule has 0 amide bonds. The summed E-state index contributed by atoms with van der Waals surface area (Å²) in [4.78, 5) is 10.9. The Balaban J connectivity index is 2.37. The molecule has 0 aliphatic rings. The van der Waals surface area contributed by atoms with Crippen LogP contribution in [-0.2, 0) is 23.6 Å². The molecule has 0 bridgehead atoms. The van der Waals surface area contributed by atoms with Crippen LogP contribution in [0.15, 0.2) is 23.2 Å². The lowest BCUT2D eigenvalue weighted by Gasteiger charge is -2.11. The highest BCUT2D eigenvalue weighted by Crippen LogP contribution is 2.25. The van der Waals surface area contributed by atoms with Crippen molar-refractivity contribution >= 4 is 27.6 Å². The van der Waals surface area contributed by atoms with E-state index >= 15 is 0 Å². The third-order valence-electron chi connectivity index (χ3n) is 3.08. The standard InChI is InChI=1S/C12H13ClN4O4S/c1-7-10(13)3-8(12(18)19)4-11(7)22(20,21)15-6-9-5-14-16-17(9)2/h3-5,15H,6H2,1-2H3,(H,18,19). The van der Waals surface area contributed by atoms with Crippen LogP contribution in [0.4, 0.5) is 0 Å². The zero-order chi connectivity index (χ0) is 16.5. The predicted octanol–water partition coefficient (Wildman–Crippen LogP) is 0.954. The van der Waals surface area contributed by atoms with Crippen molar-refractivity contribution in [3.05, 3.63) is 40.2 Å². The number of rotatable bonds is 5. The van der Waals surface area contributed by atoms with Gasteiger partial charge in [0.05, 0.1) is 28.9 Å². The van der Waals surface area contributed by atoms with Crippen molar-refractivity contribution in [1.29, 1.82) is 0 Å². The quantitative estimate of drug-likeness (QED) is 0.834. The van der Waals surface area contributed by atoms with E-state index in [4.69, 9.17) is 16.7 Å². The molecule has 0 atom stereocenters. The van der Waals surface area contributed by atoms with Gasteiger partial charge in [0.1, 0.15) is 0 Å². The molecule has 0 spiro atoms. The van der Waals surface area contributed by atoms with Crippen LogP contribution in [0.1, 0.15) is 21.6 Å². The lowest BCUT2D eigenvalue weighted by atomic mass is 10.1. The van der Waals surface area contributed by atoms with Crippen LogP contribution >= 0.6 is 11.6 Å². The fourth-order valence-electron chi connectivity index (χ4n) is 1.77. The van der Waals surface area contributed by atoms with Gasteiger partial charge in [0.25, 0.3) is 0 Å². The average molecular weight is 345 g/mol. The van der Waals surface area contributed by atoms with Crippen molar-refractivity contribution in [1.82, 2.24) is 19.7 Å². The number of hydrogen-bond donors (Lipinski definition) is 2. The molecule has 0 fully saturated rings. The van der Waals surface area contributed by atoms with Crippen LogP contribution in [0.25, 0.3) is 0 Å². The van der Waals surface area contributed by atoms with Crippen LogP contribution in [0.3, 0.4) is 0 Å². The average Bonchev–Trinajstić information content (AvgIpc) is 2.84. The summed E-state index contributed by atoms with van der Waals surface area (Å²) >= 11 is 5.91. The van der Waals surface area contributed by atoms with Gasteiger partial charge >= 0.3 is 5.97 Å². The van der Waals surface area contributed by atoms with Gasteiger partial charge < -0.3 is 5.11 Å². The summed E-state index contributed by atoms with van der Waals surface area (Å²) < 4.78 is 28.5. The normalized spacial score (nSPS) is 11.6. The van der Waals surface area contributed by atoms with Crippen LogP contribution in [-0.4, -0.2) is 34.5 Å². The van der Waals surface area contributed by atoms with E-state index in [1.165, 1.54) is 23.9 Å². The predicted molar refractivity (Wildman–Crippen MR) is 78.2 cm³/mol. The number of aromatic nitrogens is 3. The second-order valence-electron chi connectivity index (χ2n) is 4.56. The van der Waals surface area contributed by atoms with Crippen molar-refractivity contribution in [2.24, 2.45) is 7.05 Å². The third kappa shape index (κ3) is 3.26. The molecule has 118 valence electrons. The van der Waals surface area contributed by atoms with Gasteiger partial charge in [0, 0.05) is 12.1 Å². The molecule has 2 N–H and O–H groups in total. The highest BCUT2D eigenvalue weighted by molar-refractivity contribution is 7.89. The van der Waals surface area contributed by atoms with E-state index in [1.807, 2.05) is 0 Å². The Kier molecular flexibility index (Phi) is 4.50. The first-order valence-corrected chi connectivity index (χ1v) is 7.95. The summed E-state index contributed by atoms with van der Waals surface area (Å²) in [5.74, 6) is -1.26. The maximum Gasteiger partial charge on any atom is 0.335 e. The van der Waals surface area contributed by atoms with Crippen molar-refractivity contribution < 1.29 is 18.3 Å². The fraction of sp³-hybridized carbons (Fsp3) is 0.250. The Morgan fingerprint density at radius 1 is 1.45 bits per heavy atom. The van der Waals surface area contributed by atoms with E-state index in [2.05, 4.69) is 15.0 Å². The van der Waals surface area contributed by atoms with Gasteiger partial charge in [0.15, 0.2) is 0 Å². The number of sulfonamides is 1. The zero-order valence-corrected chi connectivity index (χ0v) is 13.3. The molecule has 0 saturated carbocycles. The number of halogens is 1. The van der Waals surface area contributed by atoms with E-state index in [0.717, 1.165) is 6.07 Å². The molecule has 0 saturated heterocycles. The van der Waals surface area contributed by atoms with Crippen LogP contribution in [0.2, 0.25) is 5.02 Å². The molecule has 2 aromatic rings. The Morgan fingerprint density at radius 2 is 2.14 bits per heavy atom. The number of aromatic carboxylic acids is 1. The van der Waals surface area contributed by atoms with Gasteiger partial charge in [-0.1, -0.05) is 16.8 Å². The summed E-state index contributed by atoms with van der Waals surface area (Å²) in [5, 5.41) is 16.4. The first-order valence-electron chi connectivity index (χ1n) is 6.09. The maximum atomic E-state index is 12.4. The molecule has 0 aliphatic carbocycles. The van der Waals surface area contributed by atoms with Gasteiger partial charge in [0.2, 0.25) is 10.0 Å². The number of carboxylic acid groups (broad SMARTS) is 1. The molecule has 1 aromatic heterocycles. The Hall–Kier alpha value is -1.97. The van der Waals surface area contributed by atoms with Crippen LogP contribution < -0.4 is 4.72 Å². The van der Waals surface area contributed by atoms with Gasteiger partial charge in [-0.05, 0) is 24.6 Å². The summed E-state index contributed by atoms with van der Waals surface area (Å²) in [6, 6.07) is 2.29. The van der Waals surface area contributed by atoms with E-state index in [1.54, 1.807) is 7.05 Å². The van der Waals surface area contributed by atoms with E-state index < -0.39 is 16.0 Å². The minimum Gasteiger partial charge on any atom is -0.478 e. The van der Waals surface area contributed by atoms with Crippen LogP contribution in [0, 0.1) is 6.92 Å². The van der Waals surface area contributed by atoms with Crippen molar-refractivity contribution in [3.63, 3.8) is 0 Å². The molecule has 1 aromatic carbocycles. The van der Waals surface area contributed by atoms with Gasteiger partial charge in [-0.3, -0.25) is 4.68 Å². The molecule has 1 heterocycles. The van der Waals surface area contributed by atoms with Gasteiger partial charge in [-0.2, -0.15) is 0 Å². The highest BCUT2D eigenvalue weighted by Gasteiger charge is 2.21. The van der Waals surface area contributed by atoms with Crippen molar-refractivity contribution in [3.8, 4) is 0 Å². The SMILES string of the molecule is Cc1c(Cl)cc(C(=O)O)cc1S(=O)(=O)NCc1cnnn1C. The minimum atomic E-state index is -3.93. The first kappa shape index (κ1) is 16.4. The van der Waals surface area contributed by atoms with Gasteiger partial charge in [-0.25, -0.2) is 17.9 Å². The number of benzene rings is 1. The molecule has 10 heteroatoms. The second-order valence-corrected chi connectivity index (χ2v) is 6.70. The molecule has 8 nitrogen and oxygen atoms in total. The maximum absolute atomic E-state index is 12.4. The highest BCUT2D eigenvalue weighted by atomic mass is 35.5. The number of nitrogens with one attached hydrogen (secondary N) is 1. The smallest absolute Gasteiger partial charge is 0.335 e. The molecular weight excluding hydrogens is 332 g/mol. The molecule has 2 rings (SSSR count). The number of nitrogens with zero attached hydrogens (tertiary/aromatic N) is 3. The number of hydrogen-bond acceptors (Lipinski definition) is 5. The largest absolute Gasteiger partial charge is 0.478 e. The van der Waals surface area contributed by atoms with Crippen molar-refractivity contribution in [2.75, 3.05) is 0 Å². The Morgan fingerprint density at radius 3 is 2.68 bits per heavy atom. The van der Waals surface area contributed by atoms with E-state index in [0.29, 0.717) is 5.69 Å². The second kappa shape index (κ2) is 6.03. The van der Waals surface area contributed by atoms with E-state index in [-0.39, 0.29) is 27.6 Å². The lowest BCUT2D eigenvalue weighted by molar-refractivity contribution is 0.0696. The van der Waals surface area contributed by atoms with Gasteiger partial charge in [-0.15, -0.1) is 5.10 Å². The number of aryl methyl sites for hydroxylation is 1. The Labute approximate surface area is 131 Å². The van der Waals surface area contributed by atoms with Crippen molar-refractivity contribution in [2.45, 2.75) is 18.4 Å². The third-order valence-corrected chi connectivity index (χ3v) is 5.00. The Bertz CT molecular complexity index is 832. The first-order chi connectivity index (χ1) is 10.2. The number of carboxylic acids is 1. The molecule has 0 radical (unpaired) electrons. The zero-order valence-electron chi connectivity index (χ0n) is 11.7. The molecule has 22 heavy (non-hydrogen) atoms. The molecular formula is C12H13ClN4O4S. The summed E-state index contributed by atoms with van der Waals surface area (Å²) in [6.45, 7) is 1.48. The summed E-state index contributed by atoms with van der Waals surface area (Å²) in [5.41, 5.74) is 0.641. The lowest BCUT2D eigenvalue weighted by Crippen LogP contribution is -2.25. The summed E-state index contributed by atoms with van der Waals surface area (Å²) in [6.07, 6.45) is 1.43. The van der Waals surface area contributed by atoms with E-state index in [9.17, 15) is 13.2 Å². The monoisotopic (exact) mass is 344 g/mol. The molecule has 0 aliphatic heterocycles. The number of carbonyl (C=O) groups is 1. The minimum absolute atomic E-state index is 0.0276. The molecule has 0 unspecified atom stereocenters. The van der Waals surface area contributed by atoms with Crippen LogP contribution in [0.5, 0.6) is 0 Å². The summed E-state index contributed by atoms with van der Waals surface area (Å²) in [7, 11) is -2.30. The topological polar surface area (TPSA) is 114 Å². The fourth-order valence-corrected chi connectivity index (χ4v) is 3.34.